The summed E-state index contributed by atoms with van der Waals surface area (Å²) in [5, 5.41) is 9.57. The molecule has 0 fully saturated rings. The zero-order chi connectivity index (χ0) is 11.5. The van der Waals surface area contributed by atoms with Crippen molar-refractivity contribution < 1.29 is 14.6 Å². The summed E-state index contributed by atoms with van der Waals surface area (Å²) in [5.41, 5.74) is 0. The van der Waals surface area contributed by atoms with Crippen molar-refractivity contribution in [1.29, 1.82) is 0 Å². The Bertz CT molecular complexity index is 202. The number of carbonyl (C=O) groups excluding carboxylic acids is 1. The molecule has 0 radical (unpaired) electrons. The minimum Gasteiger partial charge on any atom is -0.461 e. The highest BCUT2D eigenvalue weighted by molar-refractivity contribution is 6.58. The topological polar surface area (TPSA) is 46.5 Å². The van der Waals surface area contributed by atoms with E-state index in [4.69, 9.17) is 27.9 Å². The Morgan fingerprint density at radius 3 is 2.00 bits per heavy atom. The molecule has 0 spiro atoms. The molecule has 3 nitrogen and oxygen atoms in total. The van der Waals surface area contributed by atoms with Gasteiger partial charge < -0.3 is 9.84 Å². The van der Waals surface area contributed by atoms with E-state index in [1.54, 1.807) is 27.7 Å². The molecule has 0 aromatic carbocycles. The van der Waals surface area contributed by atoms with Crippen LogP contribution in [0.3, 0.4) is 0 Å². The molecule has 0 aliphatic rings. The molecule has 0 aromatic rings. The summed E-state index contributed by atoms with van der Waals surface area (Å²) in [4.78, 5) is 11.4. The van der Waals surface area contributed by atoms with Gasteiger partial charge in [0.2, 0.25) is 4.33 Å². The Balaban J connectivity index is 4.52. The van der Waals surface area contributed by atoms with Crippen LogP contribution in [0.2, 0.25) is 0 Å². The number of aliphatic hydroxyl groups is 1. The Kier molecular flexibility index (Phi) is 5.20. The van der Waals surface area contributed by atoms with Crippen molar-refractivity contribution in [1.82, 2.24) is 0 Å². The van der Waals surface area contributed by atoms with Crippen molar-refractivity contribution in [3.8, 4) is 0 Å². The average Bonchev–Trinajstić information content (AvgIpc) is 2.01. The predicted molar refractivity (Wildman–Crippen MR) is 56.5 cm³/mol. The van der Waals surface area contributed by atoms with Crippen LogP contribution in [0.5, 0.6) is 0 Å². The lowest BCUT2D eigenvalue weighted by Crippen LogP contribution is -2.44. The molecule has 0 saturated heterocycles. The summed E-state index contributed by atoms with van der Waals surface area (Å²) >= 11 is 11.4. The molecule has 0 bridgehead atoms. The van der Waals surface area contributed by atoms with Crippen molar-refractivity contribution in [2.75, 3.05) is 0 Å². The molecule has 0 amide bonds. The zero-order valence-corrected chi connectivity index (χ0v) is 10.3. The molecule has 0 aromatic heterocycles. The number of hydrogen-bond donors (Lipinski definition) is 1. The first-order chi connectivity index (χ1) is 6.19. The summed E-state index contributed by atoms with van der Waals surface area (Å²) in [5.74, 6) is -1.03. The summed E-state index contributed by atoms with van der Waals surface area (Å²) in [6.45, 7) is 6.80. The third kappa shape index (κ3) is 3.64. The molecule has 0 saturated carbocycles. The fraction of sp³-hybridized carbons (Fsp3) is 0.889. The van der Waals surface area contributed by atoms with Crippen LogP contribution < -0.4 is 0 Å². The van der Waals surface area contributed by atoms with Gasteiger partial charge in [-0.25, -0.2) is 4.79 Å². The fourth-order valence-corrected chi connectivity index (χ4v) is 1.43. The van der Waals surface area contributed by atoms with Gasteiger partial charge in [0.15, 0.2) is 0 Å². The molecular weight excluding hydrogens is 227 g/mol. The first-order valence-electron chi connectivity index (χ1n) is 4.46. The minimum absolute atomic E-state index is 0.218. The van der Waals surface area contributed by atoms with Gasteiger partial charge in [-0.05, 0) is 19.8 Å². The Labute approximate surface area is 94.3 Å². The second kappa shape index (κ2) is 5.19. The van der Waals surface area contributed by atoms with E-state index in [0.29, 0.717) is 0 Å². The van der Waals surface area contributed by atoms with Gasteiger partial charge in [-0.3, -0.25) is 0 Å². The normalized spacial score (nSPS) is 14.6. The molecule has 84 valence electrons. The van der Waals surface area contributed by atoms with Crippen LogP contribution in [0.1, 0.15) is 27.7 Å². The molecule has 0 heterocycles. The second-order valence-corrected chi connectivity index (χ2v) is 5.15. The van der Waals surface area contributed by atoms with Crippen LogP contribution in [-0.2, 0) is 9.53 Å². The lowest BCUT2D eigenvalue weighted by molar-refractivity contribution is -0.151. The van der Waals surface area contributed by atoms with Crippen molar-refractivity contribution in [2.45, 2.75) is 44.2 Å². The first-order valence-corrected chi connectivity index (χ1v) is 5.22. The van der Waals surface area contributed by atoms with Gasteiger partial charge in [0.1, 0.15) is 6.10 Å². The largest absolute Gasteiger partial charge is 0.461 e. The van der Waals surface area contributed by atoms with Crippen molar-refractivity contribution in [3.05, 3.63) is 0 Å². The van der Waals surface area contributed by atoms with Crippen LogP contribution in [-0.4, -0.2) is 27.6 Å². The van der Waals surface area contributed by atoms with E-state index in [2.05, 4.69) is 0 Å². The minimum atomic E-state index is -1.89. The Hall–Kier alpha value is 0.01000. The van der Waals surface area contributed by atoms with E-state index in [0.717, 1.165) is 0 Å². The molecule has 5 heteroatoms. The fourth-order valence-electron chi connectivity index (χ4n) is 0.832. The van der Waals surface area contributed by atoms with Crippen LogP contribution in [0.15, 0.2) is 0 Å². The zero-order valence-electron chi connectivity index (χ0n) is 8.75. The summed E-state index contributed by atoms with van der Waals surface area (Å²) in [6.07, 6.45) is -1.45. The third-order valence-electron chi connectivity index (χ3n) is 1.62. The first kappa shape index (κ1) is 14.0. The molecule has 1 atom stereocenters. The van der Waals surface area contributed by atoms with Crippen molar-refractivity contribution in [3.63, 3.8) is 0 Å². The highest BCUT2D eigenvalue weighted by Crippen LogP contribution is 2.31. The quantitative estimate of drug-likeness (QED) is 0.607. The summed E-state index contributed by atoms with van der Waals surface area (Å²) in [7, 11) is 0. The van der Waals surface area contributed by atoms with Crippen molar-refractivity contribution in [2.24, 2.45) is 5.92 Å². The van der Waals surface area contributed by atoms with Crippen molar-refractivity contribution >= 4 is 29.2 Å². The molecule has 0 aliphatic carbocycles. The van der Waals surface area contributed by atoms with Gasteiger partial charge in [0.05, 0.1) is 6.10 Å². The van der Waals surface area contributed by atoms with Gasteiger partial charge in [-0.15, -0.1) is 0 Å². The van der Waals surface area contributed by atoms with E-state index in [1.807, 2.05) is 0 Å². The van der Waals surface area contributed by atoms with E-state index >= 15 is 0 Å². The number of hydrogen-bond acceptors (Lipinski definition) is 3. The van der Waals surface area contributed by atoms with Gasteiger partial charge in [0.25, 0.3) is 0 Å². The highest BCUT2D eigenvalue weighted by atomic mass is 35.5. The number of carbonyl (C=O) groups is 1. The predicted octanol–water partition coefficient (Wildman–Crippen LogP) is 2.13. The van der Waals surface area contributed by atoms with Crippen LogP contribution in [0.4, 0.5) is 0 Å². The second-order valence-electron chi connectivity index (χ2n) is 3.77. The standard InChI is InChI=1S/C9H16Cl2O3/c1-5(2)7(12)9(10,11)8(13)14-6(3)4/h5-7,12H,1-4H3. The van der Waals surface area contributed by atoms with E-state index in [1.165, 1.54) is 0 Å². The number of ether oxygens (including phenoxy) is 1. The molecule has 0 rings (SSSR count). The van der Waals surface area contributed by atoms with E-state index in [-0.39, 0.29) is 12.0 Å². The van der Waals surface area contributed by atoms with Gasteiger partial charge in [-0.1, -0.05) is 37.0 Å². The highest BCUT2D eigenvalue weighted by Gasteiger charge is 2.45. The van der Waals surface area contributed by atoms with Crippen LogP contribution in [0, 0.1) is 5.92 Å². The van der Waals surface area contributed by atoms with E-state index < -0.39 is 16.4 Å². The smallest absolute Gasteiger partial charge is 0.345 e. The lowest BCUT2D eigenvalue weighted by atomic mass is 10.0. The Morgan fingerprint density at radius 1 is 1.29 bits per heavy atom. The summed E-state index contributed by atoms with van der Waals surface area (Å²) < 4.78 is 2.93. The van der Waals surface area contributed by atoms with E-state index in [9.17, 15) is 9.90 Å². The van der Waals surface area contributed by atoms with Gasteiger partial charge in [0, 0.05) is 0 Å². The Morgan fingerprint density at radius 2 is 1.71 bits per heavy atom. The third-order valence-corrected chi connectivity index (χ3v) is 2.37. The maximum Gasteiger partial charge on any atom is 0.345 e. The molecule has 0 aliphatic heterocycles. The monoisotopic (exact) mass is 242 g/mol. The molecular formula is C9H16Cl2O3. The van der Waals surface area contributed by atoms with Gasteiger partial charge >= 0.3 is 5.97 Å². The number of halogens is 2. The lowest BCUT2D eigenvalue weighted by Gasteiger charge is -2.27. The number of alkyl halides is 2. The SMILES string of the molecule is CC(C)OC(=O)C(Cl)(Cl)C(O)C(C)C. The molecule has 14 heavy (non-hydrogen) atoms. The van der Waals surface area contributed by atoms with Crippen LogP contribution in [0.25, 0.3) is 0 Å². The molecule has 1 N–H and O–H groups in total. The molecule has 1 unspecified atom stereocenters. The maximum atomic E-state index is 11.4. The maximum absolute atomic E-state index is 11.4. The average molecular weight is 243 g/mol. The number of aliphatic hydroxyl groups excluding tert-OH is 1. The van der Waals surface area contributed by atoms with Gasteiger partial charge in [-0.2, -0.15) is 0 Å². The number of esters is 1. The van der Waals surface area contributed by atoms with Crippen LogP contribution >= 0.6 is 23.2 Å². The summed E-state index contributed by atoms with van der Waals surface area (Å²) in [6, 6.07) is 0. The number of rotatable bonds is 4.